The van der Waals surface area contributed by atoms with Crippen LogP contribution in [0.4, 0.5) is 0 Å². The number of aromatic nitrogens is 2. The third-order valence-electron chi connectivity index (χ3n) is 4.72. The van der Waals surface area contributed by atoms with E-state index in [9.17, 15) is 4.79 Å². The van der Waals surface area contributed by atoms with E-state index >= 15 is 0 Å². The highest BCUT2D eigenvalue weighted by atomic mass is 16.2. The molecule has 23 heavy (non-hydrogen) atoms. The number of amides is 1. The maximum atomic E-state index is 12.4. The largest absolute Gasteiger partial charge is 0.352 e. The molecule has 3 heterocycles. The summed E-state index contributed by atoms with van der Waals surface area (Å²) in [6.45, 7) is 6.52. The van der Waals surface area contributed by atoms with Gasteiger partial charge in [-0.25, -0.2) is 4.98 Å². The lowest BCUT2D eigenvalue weighted by atomic mass is 9.96. The van der Waals surface area contributed by atoms with E-state index in [4.69, 9.17) is 0 Å². The molecule has 1 aliphatic rings. The smallest absolute Gasteiger partial charge is 0.240 e. The SMILES string of the molecule is CC[C@@H](C)NC(=O)Cn1c([C@@H]2CCCNC2)cc2cccnc21. The van der Waals surface area contributed by atoms with Crippen molar-refractivity contribution in [1.82, 2.24) is 20.2 Å². The van der Waals surface area contributed by atoms with Crippen LogP contribution >= 0.6 is 0 Å². The van der Waals surface area contributed by atoms with Gasteiger partial charge in [-0.05, 0) is 50.9 Å². The first-order valence-corrected chi connectivity index (χ1v) is 8.63. The number of pyridine rings is 1. The summed E-state index contributed by atoms with van der Waals surface area (Å²) >= 11 is 0. The molecule has 124 valence electrons. The van der Waals surface area contributed by atoms with Crippen molar-refractivity contribution in [2.24, 2.45) is 0 Å². The van der Waals surface area contributed by atoms with Crippen LogP contribution in [-0.2, 0) is 11.3 Å². The fourth-order valence-electron chi connectivity index (χ4n) is 3.28. The summed E-state index contributed by atoms with van der Waals surface area (Å²) in [4.78, 5) is 16.9. The minimum atomic E-state index is 0.0625. The third kappa shape index (κ3) is 3.55. The number of hydrogen-bond acceptors (Lipinski definition) is 3. The van der Waals surface area contributed by atoms with Crippen molar-refractivity contribution < 1.29 is 4.79 Å². The molecule has 5 heteroatoms. The number of nitrogens with one attached hydrogen (secondary N) is 2. The summed E-state index contributed by atoms with van der Waals surface area (Å²) in [6, 6.07) is 6.44. The first kappa shape index (κ1) is 16.0. The second kappa shape index (κ2) is 7.13. The van der Waals surface area contributed by atoms with E-state index in [2.05, 4.69) is 39.2 Å². The lowest BCUT2D eigenvalue weighted by Crippen LogP contribution is -2.36. The van der Waals surface area contributed by atoms with Crippen molar-refractivity contribution in [2.75, 3.05) is 13.1 Å². The van der Waals surface area contributed by atoms with Crippen LogP contribution in [0.5, 0.6) is 0 Å². The number of fused-ring (bicyclic) bond motifs is 1. The Kier molecular flexibility index (Phi) is 4.96. The molecule has 1 amide bonds. The zero-order valence-corrected chi connectivity index (χ0v) is 14.0. The number of carbonyl (C=O) groups is 1. The minimum absolute atomic E-state index is 0.0625. The van der Waals surface area contributed by atoms with Gasteiger partial charge in [-0.3, -0.25) is 4.79 Å². The predicted octanol–water partition coefficient (Wildman–Crippen LogP) is 2.42. The molecule has 0 spiro atoms. The Hall–Kier alpha value is -1.88. The van der Waals surface area contributed by atoms with E-state index in [0.29, 0.717) is 12.5 Å². The van der Waals surface area contributed by atoms with Crippen molar-refractivity contribution in [2.45, 2.75) is 51.6 Å². The van der Waals surface area contributed by atoms with Crippen molar-refractivity contribution >= 4 is 16.9 Å². The van der Waals surface area contributed by atoms with Crippen LogP contribution in [0, 0.1) is 0 Å². The second-order valence-corrected chi connectivity index (χ2v) is 6.49. The van der Waals surface area contributed by atoms with E-state index in [-0.39, 0.29) is 11.9 Å². The Morgan fingerprint density at radius 1 is 1.57 bits per heavy atom. The highest BCUT2D eigenvalue weighted by Gasteiger charge is 2.22. The molecule has 2 aromatic heterocycles. The monoisotopic (exact) mass is 314 g/mol. The minimum Gasteiger partial charge on any atom is -0.352 e. The maximum absolute atomic E-state index is 12.4. The molecular formula is C18H26N4O. The van der Waals surface area contributed by atoms with Gasteiger partial charge in [-0.2, -0.15) is 0 Å². The number of carbonyl (C=O) groups excluding carboxylic acids is 1. The normalized spacial score (nSPS) is 19.7. The van der Waals surface area contributed by atoms with Gasteiger partial charge in [0.15, 0.2) is 0 Å². The van der Waals surface area contributed by atoms with Crippen molar-refractivity contribution in [3.63, 3.8) is 0 Å². The lowest BCUT2D eigenvalue weighted by Gasteiger charge is -2.24. The number of rotatable bonds is 5. The summed E-state index contributed by atoms with van der Waals surface area (Å²) in [5.41, 5.74) is 2.14. The van der Waals surface area contributed by atoms with E-state index in [0.717, 1.165) is 37.0 Å². The standard InChI is InChI=1S/C18H26N4O/c1-3-13(2)21-17(23)12-22-16(15-7-4-8-19-11-15)10-14-6-5-9-20-18(14)22/h5-6,9-10,13,15,19H,3-4,7-8,11-12H2,1-2H3,(H,21,23)/t13-,15-/m1/s1. The van der Waals surface area contributed by atoms with Gasteiger partial charge in [-0.1, -0.05) is 6.92 Å². The molecule has 1 aliphatic heterocycles. The van der Waals surface area contributed by atoms with Crippen molar-refractivity contribution in [3.05, 3.63) is 30.1 Å². The number of nitrogens with zero attached hydrogens (tertiary/aromatic N) is 2. The van der Waals surface area contributed by atoms with Gasteiger partial charge in [0, 0.05) is 35.8 Å². The Labute approximate surface area is 137 Å². The first-order valence-electron chi connectivity index (χ1n) is 8.63. The summed E-state index contributed by atoms with van der Waals surface area (Å²) in [5, 5.41) is 7.64. The van der Waals surface area contributed by atoms with Crippen molar-refractivity contribution in [1.29, 1.82) is 0 Å². The molecule has 1 fully saturated rings. The quantitative estimate of drug-likeness (QED) is 0.891. The van der Waals surface area contributed by atoms with Gasteiger partial charge in [-0.15, -0.1) is 0 Å². The molecular weight excluding hydrogens is 288 g/mol. The zero-order valence-electron chi connectivity index (χ0n) is 14.0. The fourth-order valence-corrected chi connectivity index (χ4v) is 3.28. The van der Waals surface area contributed by atoms with Crippen LogP contribution in [0.15, 0.2) is 24.4 Å². The topological polar surface area (TPSA) is 59.0 Å². The molecule has 0 bridgehead atoms. The van der Waals surface area contributed by atoms with E-state index in [1.807, 2.05) is 13.0 Å². The highest BCUT2D eigenvalue weighted by Crippen LogP contribution is 2.28. The summed E-state index contributed by atoms with van der Waals surface area (Å²) in [5.74, 6) is 0.516. The lowest BCUT2D eigenvalue weighted by molar-refractivity contribution is -0.122. The molecule has 3 rings (SSSR count). The van der Waals surface area contributed by atoms with Gasteiger partial charge in [0.1, 0.15) is 12.2 Å². The first-order chi connectivity index (χ1) is 11.2. The van der Waals surface area contributed by atoms with Gasteiger partial charge < -0.3 is 15.2 Å². The molecule has 1 saturated heterocycles. The fraction of sp³-hybridized carbons (Fsp3) is 0.556. The molecule has 2 N–H and O–H groups in total. The van der Waals surface area contributed by atoms with Gasteiger partial charge in [0.25, 0.3) is 0 Å². The molecule has 2 aromatic rings. The van der Waals surface area contributed by atoms with E-state index < -0.39 is 0 Å². The maximum Gasteiger partial charge on any atom is 0.240 e. The summed E-state index contributed by atoms with van der Waals surface area (Å²) < 4.78 is 2.10. The Morgan fingerprint density at radius 2 is 2.43 bits per heavy atom. The van der Waals surface area contributed by atoms with Crippen LogP contribution in [0.25, 0.3) is 11.0 Å². The second-order valence-electron chi connectivity index (χ2n) is 6.49. The molecule has 5 nitrogen and oxygen atoms in total. The summed E-state index contributed by atoms with van der Waals surface area (Å²) in [6.07, 6.45) is 5.08. The molecule has 0 radical (unpaired) electrons. The molecule has 2 atom stereocenters. The van der Waals surface area contributed by atoms with Crippen LogP contribution in [-0.4, -0.2) is 34.6 Å². The molecule has 0 aliphatic carbocycles. The summed E-state index contributed by atoms with van der Waals surface area (Å²) in [7, 11) is 0. The zero-order chi connectivity index (χ0) is 16.2. The van der Waals surface area contributed by atoms with E-state index in [1.54, 1.807) is 6.20 Å². The number of hydrogen-bond donors (Lipinski definition) is 2. The predicted molar refractivity (Wildman–Crippen MR) is 92.5 cm³/mol. The highest BCUT2D eigenvalue weighted by molar-refractivity contribution is 5.82. The van der Waals surface area contributed by atoms with Gasteiger partial charge in [0.2, 0.25) is 5.91 Å². The third-order valence-corrected chi connectivity index (χ3v) is 4.72. The van der Waals surface area contributed by atoms with Crippen LogP contribution < -0.4 is 10.6 Å². The van der Waals surface area contributed by atoms with Gasteiger partial charge in [0.05, 0.1) is 0 Å². The van der Waals surface area contributed by atoms with Crippen LogP contribution in [0.2, 0.25) is 0 Å². The Balaban J connectivity index is 1.91. The average Bonchev–Trinajstić information content (AvgIpc) is 2.94. The number of piperidine rings is 1. The van der Waals surface area contributed by atoms with Crippen LogP contribution in [0.3, 0.4) is 0 Å². The van der Waals surface area contributed by atoms with Gasteiger partial charge >= 0.3 is 0 Å². The van der Waals surface area contributed by atoms with Crippen molar-refractivity contribution in [3.8, 4) is 0 Å². The van der Waals surface area contributed by atoms with Crippen LogP contribution in [0.1, 0.15) is 44.7 Å². The average molecular weight is 314 g/mol. The Morgan fingerprint density at radius 3 is 3.17 bits per heavy atom. The molecule has 0 unspecified atom stereocenters. The Bertz CT molecular complexity index is 673. The van der Waals surface area contributed by atoms with E-state index in [1.165, 1.54) is 12.1 Å². The molecule has 0 aromatic carbocycles. The molecule has 0 saturated carbocycles.